The van der Waals surface area contributed by atoms with Crippen LogP contribution >= 0.6 is 0 Å². The summed E-state index contributed by atoms with van der Waals surface area (Å²) >= 11 is 0. The number of rotatable bonds is 6. The van der Waals surface area contributed by atoms with Gasteiger partial charge in [-0.2, -0.15) is 0 Å². The van der Waals surface area contributed by atoms with Crippen LogP contribution in [0.4, 0.5) is 13.2 Å². The molecule has 0 aliphatic carbocycles. The van der Waals surface area contributed by atoms with Crippen LogP contribution in [0.2, 0.25) is 0 Å². The first-order chi connectivity index (χ1) is 8.71. The molecule has 0 amide bonds. The molecule has 19 heavy (non-hydrogen) atoms. The Balaban J connectivity index is 2.56. The standard InChI is InChI=1S/C14H20F3NO/c1-9(2)6-14(3,19)8-18-7-10-4-12(16)13(17)5-11(10)15/h4-5,9,18-19H,6-8H2,1-3H3. The Bertz CT molecular complexity index is 433. The van der Waals surface area contributed by atoms with Crippen LogP contribution < -0.4 is 5.32 Å². The van der Waals surface area contributed by atoms with Crippen LogP contribution in [0.1, 0.15) is 32.8 Å². The molecule has 5 heteroatoms. The molecule has 0 aliphatic heterocycles. The molecule has 0 aliphatic rings. The summed E-state index contributed by atoms with van der Waals surface area (Å²) < 4.78 is 39.1. The molecule has 0 radical (unpaired) electrons. The number of hydrogen-bond donors (Lipinski definition) is 2. The van der Waals surface area contributed by atoms with Gasteiger partial charge >= 0.3 is 0 Å². The monoisotopic (exact) mass is 275 g/mol. The summed E-state index contributed by atoms with van der Waals surface area (Å²) in [7, 11) is 0. The quantitative estimate of drug-likeness (QED) is 0.782. The minimum Gasteiger partial charge on any atom is -0.389 e. The van der Waals surface area contributed by atoms with E-state index in [1.54, 1.807) is 6.92 Å². The summed E-state index contributed by atoms with van der Waals surface area (Å²) in [5, 5.41) is 12.9. The molecule has 1 unspecified atom stereocenters. The third-order valence-electron chi connectivity index (χ3n) is 2.76. The van der Waals surface area contributed by atoms with Gasteiger partial charge in [-0.15, -0.1) is 0 Å². The summed E-state index contributed by atoms with van der Waals surface area (Å²) in [6.45, 7) is 5.95. The van der Waals surface area contributed by atoms with E-state index in [9.17, 15) is 18.3 Å². The second kappa shape index (κ2) is 6.39. The zero-order valence-corrected chi connectivity index (χ0v) is 11.4. The minimum atomic E-state index is -1.20. The Morgan fingerprint density at radius 3 is 2.32 bits per heavy atom. The molecule has 0 saturated heterocycles. The van der Waals surface area contributed by atoms with E-state index in [1.807, 2.05) is 13.8 Å². The third kappa shape index (κ3) is 5.20. The lowest BCUT2D eigenvalue weighted by atomic mass is 9.94. The van der Waals surface area contributed by atoms with Crippen LogP contribution in [-0.4, -0.2) is 17.3 Å². The smallest absolute Gasteiger partial charge is 0.161 e. The van der Waals surface area contributed by atoms with Gasteiger partial charge in [-0.3, -0.25) is 0 Å². The van der Waals surface area contributed by atoms with E-state index in [0.29, 0.717) is 18.4 Å². The molecule has 1 aromatic rings. The number of aliphatic hydroxyl groups is 1. The van der Waals surface area contributed by atoms with E-state index in [-0.39, 0.29) is 18.7 Å². The molecular formula is C14H20F3NO. The molecule has 108 valence electrons. The predicted molar refractivity (Wildman–Crippen MR) is 68.1 cm³/mol. The van der Waals surface area contributed by atoms with Crippen molar-refractivity contribution in [1.82, 2.24) is 5.32 Å². The van der Waals surface area contributed by atoms with Crippen molar-refractivity contribution in [2.24, 2.45) is 5.92 Å². The van der Waals surface area contributed by atoms with Crippen LogP contribution in [-0.2, 0) is 6.54 Å². The number of benzene rings is 1. The molecule has 2 N–H and O–H groups in total. The molecule has 0 bridgehead atoms. The molecule has 0 fully saturated rings. The van der Waals surface area contributed by atoms with E-state index in [2.05, 4.69) is 5.32 Å². The largest absolute Gasteiger partial charge is 0.389 e. The van der Waals surface area contributed by atoms with Crippen LogP contribution in [0.25, 0.3) is 0 Å². The van der Waals surface area contributed by atoms with Gasteiger partial charge in [0.25, 0.3) is 0 Å². The summed E-state index contributed by atoms with van der Waals surface area (Å²) in [5.74, 6) is -2.74. The zero-order valence-electron chi connectivity index (χ0n) is 11.4. The van der Waals surface area contributed by atoms with Gasteiger partial charge in [0, 0.05) is 24.7 Å². The lowest BCUT2D eigenvalue weighted by Gasteiger charge is -2.25. The molecule has 2 nitrogen and oxygen atoms in total. The zero-order chi connectivity index (χ0) is 14.6. The molecule has 0 heterocycles. The van der Waals surface area contributed by atoms with Crippen molar-refractivity contribution < 1.29 is 18.3 Å². The highest BCUT2D eigenvalue weighted by molar-refractivity contribution is 5.19. The molecule has 0 spiro atoms. The Morgan fingerprint density at radius 2 is 1.74 bits per heavy atom. The van der Waals surface area contributed by atoms with Gasteiger partial charge in [0.05, 0.1) is 5.60 Å². The molecule has 1 atom stereocenters. The fourth-order valence-electron chi connectivity index (χ4n) is 2.12. The maximum absolute atomic E-state index is 13.4. The summed E-state index contributed by atoms with van der Waals surface area (Å²) in [6.07, 6.45) is 0.597. The van der Waals surface area contributed by atoms with Gasteiger partial charge in [-0.05, 0) is 25.3 Å². The molecule has 1 rings (SSSR count). The molecular weight excluding hydrogens is 255 g/mol. The maximum Gasteiger partial charge on any atom is 0.161 e. The second-order valence-corrected chi connectivity index (χ2v) is 5.56. The molecule has 0 saturated carbocycles. The normalized spacial score (nSPS) is 14.7. The lowest BCUT2D eigenvalue weighted by Crippen LogP contribution is -2.38. The van der Waals surface area contributed by atoms with Gasteiger partial charge in [0.2, 0.25) is 0 Å². The fraction of sp³-hybridized carbons (Fsp3) is 0.571. The highest BCUT2D eigenvalue weighted by Crippen LogP contribution is 2.16. The Labute approximate surface area is 111 Å². The lowest BCUT2D eigenvalue weighted by molar-refractivity contribution is 0.0382. The van der Waals surface area contributed by atoms with Crippen molar-refractivity contribution in [3.05, 3.63) is 35.1 Å². The number of nitrogens with one attached hydrogen (secondary N) is 1. The van der Waals surface area contributed by atoms with Crippen molar-refractivity contribution in [1.29, 1.82) is 0 Å². The first-order valence-corrected chi connectivity index (χ1v) is 6.28. The van der Waals surface area contributed by atoms with Crippen LogP contribution in [0.3, 0.4) is 0 Å². The topological polar surface area (TPSA) is 32.3 Å². The Kier molecular flexibility index (Phi) is 5.38. The molecule has 0 aromatic heterocycles. The van der Waals surface area contributed by atoms with Crippen LogP contribution in [0.5, 0.6) is 0 Å². The molecule has 1 aromatic carbocycles. The first-order valence-electron chi connectivity index (χ1n) is 6.28. The fourth-order valence-corrected chi connectivity index (χ4v) is 2.12. The van der Waals surface area contributed by atoms with Crippen molar-refractivity contribution in [3.8, 4) is 0 Å². The average molecular weight is 275 g/mol. The van der Waals surface area contributed by atoms with Crippen molar-refractivity contribution in [2.45, 2.75) is 39.3 Å². The first kappa shape index (κ1) is 16.0. The van der Waals surface area contributed by atoms with E-state index >= 15 is 0 Å². The van der Waals surface area contributed by atoms with Gasteiger partial charge in [-0.25, -0.2) is 13.2 Å². The summed E-state index contributed by atoms with van der Waals surface area (Å²) in [4.78, 5) is 0. The maximum atomic E-state index is 13.4. The Hall–Kier alpha value is -1.07. The van der Waals surface area contributed by atoms with Gasteiger partial charge in [0.15, 0.2) is 11.6 Å². The second-order valence-electron chi connectivity index (χ2n) is 5.56. The van der Waals surface area contributed by atoms with E-state index in [0.717, 1.165) is 6.07 Å². The van der Waals surface area contributed by atoms with E-state index in [1.165, 1.54) is 0 Å². The third-order valence-corrected chi connectivity index (χ3v) is 2.76. The van der Waals surface area contributed by atoms with Crippen molar-refractivity contribution >= 4 is 0 Å². The van der Waals surface area contributed by atoms with Crippen molar-refractivity contribution in [3.63, 3.8) is 0 Å². The highest BCUT2D eigenvalue weighted by atomic mass is 19.2. The summed E-state index contributed by atoms with van der Waals surface area (Å²) in [6, 6.07) is 1.35. The Morgan fingerprint density at radius 1 is 1.16 bits per heavy atom. The van der Waals surface area contributed by atoms with Gasteiger partial charge in [-0.1, -0.05) is 13.8 Å². The van der Waals surface area contributed by atoms with E-state index < -0.39 is 23.1 Å². The summed E-state index contributed by atoms with van der Waals surface area (Å²) in [5.41, 5.74) is -0.873. The van der Waals surface area contributed by atoms with Crippen LogP contribution in [0, 0.1) is 23.4 Å². The number of halogens is 3. The van der Waals surface area contributed by atoms with Crippen LogP contribution in [0.15, 0.2) is 12.1 Å². The highest BCUT2D eigenvalue weighted by Gasteiger charge is 2.21. The SMILES string of the molecule is CC(C)CC(C)(O)CNCc1cc(F)c(F)cc1F. The average Bonchev–Trinajstić information content (AvgIpc) is 2.23. The predicted octanol–water partition coefficient (Wildman–Crippen LogP) is 2.99. The van der Waals surface area contributed by atoms with Crippen molar-refractivity contribution in [2.75, 3.05) is 6.54 Å². The minimum absolute atomic E-state index is 0.0390. The van der Waals surface area contributed by atoms with Gasteiger partial charge in [0.1, 0.15) is 5.82 Å². The van der Waals surface area contributed by atoms with E-state index in [4.69, 9.17) is 0 Å². The van der Waals surface area contributed by atoms with Gasteiger partial charge < -0.3 is 10.4 Å². The number of hydrogen-bond acceptors (Lipinski definition) is 2.